The highest BCUT2D eigenvalue weighted by atomic mass is 15.3. The summed E-state index contributed by atoms with van der Waals surface area (Å²) >= 11 is 0. The van der Waals surface area contributed by atoms with Gasteiger partial charge in [-0.1, -0.05) is 0 Å². The maximum atomic E-state index is 5.44. The number of rotatable bonds is 7. The van der Waals surface area contributed by atoms with E-state index in [1.54, 1.807) is 0 Å². The van der Waals surface area contributed by atoms with Crippen molar-refractivity contribution in [1.82, 2.24) is 15.1 Å². The maximum absolute atomic E-state index is 5.44. The molecule has 0 spiro atoms. The van der Waals surface area contributed by atoms with Crippen molar-refractivity contribution in [2.75, 3.05) is 13.1 Å². The van der Waals surface area contributed by atoms with Gasteiger partial charge < -0.3 is 11.1 Å². The molecule has 1 heterocycles. The second kappa shape index (κ2) is 6.58. The van der Waals surface area contributed by atoms with Gasteiger partial charge in [0.25, 0.3) is 0 Å². The molecule has 86 valence electrons. The molecule has 1 unspecified atom stereocenters. The molecule has 1 aromatic heterocycles. The van der Waals surface area contributed by atoms with Gasteiger partial charge in [0.1, 0.15) is 0 Å². The molecule has 0 saturated heterocycles. The molecule has 15 heavy (non-hydrogen) atoms. The van der Waals surface area contributed by atoms with Gasteiger partial charge >= 0.3 is 0 Å². The lowest BCUT2D eigenvalue weighted by Gasteiger charge is -2.11. The van der Waals surface area contributed by atoms with E-state index in [2.05, 4.69) is 30.5 Å². The predicted octanol–water partition coefficient (Wildman–Crippen LogP) is 1.29. The first-order valence-corrected chi connectivity index (χ1v) is 5.73. The standard InChI is InChI=1S/C11H22N4/c1-3-15-9-11(8-14-15)10(2)13-7-5-4-6-12/h8-10,13H,3-7,12H2,1-2H3. The molecule has 0 aliphatic heterocycles. The Morgan fingerprint density at radius 1 is 1.53 bits per heavy atom. The normalized spacial score (nSPS) is 13.0. The molecular formula is C11H22N4. The SMILES string of the molecule is CCn1cc(C(C)NCCCCN)cn1. The van der Waals surface area contributed by atoms with Crippen LogP contribution in [-0.4, -0.2) is 22.9 Å². The number of nitrogens with one attached hydrogen (secondary N) is 1. The van der Waals surface area contributed by atoms with Crippen LogP contribution in [0.2, 0.25) is 0 Å². The third-order valence-corrected chi connectivity index (χ3v) is 2.56. The molecule has 0 bridgehead atoms. The molecule has 4 nitrogen and oxygen atoms in total. The summed E-state index contributed by atoms with van der Waals surface area (Å²) in [5.74, 6) is 0. The second-order valence-corrected chi connectivity index (χ2v) is 3.80. The first-order chi connectivity index (χ1) is 7.27. The average molecular weight is 210 g/mol. The zero-order chi connectivity index (χ0) is 11.1. The minimum absolute atomic E-state index is 0.378. The average Bonchev–Trinajstić information content (AvgIpc) is 2.72. The third-order valence-electron chi connectivity index (χ3n) is 2.56. The molecule has 3 N–H and O–H groups in total. The molecule has 0 amide bonds. The summed E-state index contributed by atoms with van der Waals surface area (Å²) in [5.41, 5.74) is 6.69. The van der Waals surface area contributed by atoms with Gasteiger partial charge in [-0.05, 0) is 39.8 Å². The van der Waals surface area contributed by atoms with Gasteiger partial charge in [0.15, 0.2) is 0 Å². The van der Waals surface area contributed by atoms with E-state index in [1.165, 1.54) is 5.56 Å². The second-order valence-electron chi connectivity index (χ2n) is 3.80. The minimum atomic E-state index is 0.378. The van der Waals surface area contributed by atoms with E-state index in [4.69, 9.17) is 5.73 Å². The zero-order valence-corrected chi connectivity index (χ0v) is 9.74. The number of nitrogens with two attached hydrogens (primary N) is 1. The van der Waals surface area contributed by atoms with Crippen LogP contribution in [0.3, 0.4) is 0 Å². The fourth-order valence-corrected chi connectivity index (χ4v) is 1.48. The van der Waals surface area contributed by atoms with Crippen LogP contribution in [-0.2, 0) is 6.54 Å². The summed E-state index contributed by atoms with van der Waals surface area (Å²) in [6.07, 6.45) is 6.27. The van der Waals surface area contributed by atoms with Crippen LogP contribution in [0, 0.1) is 0 Å². The highest BCUT2D eigenvalue weighted by molar-refractivity contribution is 5.08. The van der Waals surface area contributed by atoms with Crippen LogP contribution < -0.4 is 11.1 Å². The number of aryl methyl sites for hydroxylation is 1. The van der Waals surface area contributed by atoms with Crippen molar-refractivity contribution in [3.8, 4) is 0 Å². The Labute approximate surface area is 91.8 Å². The van der Waals surface area contributed by atoms with Crippen LogP contribution in [0.25, 0.3) is 0 Å². The Morgan fingerprint density at radius 3 is 2.93 bits per heavy atom. The molecule has 1 aromatic rings. The summed E-state index contributed by atoms with van der Waals surface area (Å²) < 4.78 is 1.95. The van der Waals surface area contributed by atoms with E-state index in [9.17, 15) is 0 Å². The van der Waals surface area contributed by atoms with E-state index < -0.39 is 0 Å². The molecule has 0 aliphatic rings. The van der Waals surface area contributed by atoms with Crippen molar-refractivity contribution in [2.24, 2.45) is 5.73 Å². The molecule has 0 fully saturated rings. The lowest BCUT2D eigenvalue weighted by Crippen LogP contribution is -2.20. The zero-order valence-electron chi connectivity index (χ0n) is 9.74. The molecule has 0 aliphatic carbocycles. The van der Waals surface area contributed by atoms with Crippen LogP contribution >= 0.6 is 0 Å². The van der Waals surface area contributed by atoms with Gasteiger partial charge in [0.05, 0.1) is 6.20 Å². The molecule has 0 radical (unpaired) electrons. The Hall–Kier alpha value is -0.870. The van der Waals surface area contributed by atoms with Crippen LogP contribution in [0.15, 0.2) is 12.4 Å². The summed E-state index contributed by atoms with van der Waals surface area (Å²) in [4.78, 5) is 0. The molecule has 1 rings (SSSR count). The Balaban J connectivity index is 2.29. The van der Waals surface area contributed by atoms with Crippen molar-refractivity contribution in [3.63, 3.8) is 0 Å². The van der Waals surface area contributed by atoms with Crippen molar-refractivity contribution in [3.05, 3.63) is 18.0 Å². The molecule has 0 saturated carbocycles. The Morgan fingerprint density at radius 2 is 2.33 bits per heavy atom. The number of aromatic nitrogens is 2. The van der Waals surface area contributed by atoms with Gasteiger partial charge in [-0.3, -0.25) is 4.68 Å². The quantitative estimate of drug-likeness (QED) is 0.667. The number of unbranched alkanes of at least 4 members (excludes halogenated alkanes) is 1. The first-order valence-electron chi connectivity index (χ1n) is 5.73. The van der Waals surface area contributed by atoms with Crippen molar-refractivity contribution in [2.45, 2.75) is 39.3 Å². The van der Waals surface area contributed by atoms with Gasteiger partial charge in [-0.25, -0.2) is 0 Å². The van der Waals surface area contributed by atoms with Crippen molar-refractivity contribution >= 4 is 0 Å². The van der Waals surface area contributed by atoms with Gasteiger partial charge in [0, 0.05) is 24.3 Å². The number of hydrogen-bond donors (Lipinski definition) is 2. The predicted molar refractivity (Wildman–Crippen MR) is 62.6 cm³/mol. The fraction of sp³-hybridized carbons (Fsp3) is 0.727. The van der Waals surface area contributed by atoms with E-state index in [-0.39, 0.29) is 0 Å². The van der Waals surface area contributed by atoms with Crippen LogP contribution in [0.5, 0.6) is 0 Å². The van der Waals surface area contributed by atoms with Crippen LogP contribution in [0.4, 0.5) is 0 Å². The lowest BCUT2D eigenvalue weighted by atomic mass is 10.2. The lowest BCUT2D eigenvalue weighted by molar-refractivity contribution is 0.548. The van der Waals surface area contributed by atoms with Gasteiger partial charge in [-0.2, -0.15) is 5.10 Å². The largest absolute Gasteiger partial charge is 0.330 e. The smallest absolute Gasteiger partial charge is 0.0537 e. The summed E-state index contributed by atoms with van der Waals surface area (Å²) in [6.45, 7) is 7.00. The fourth-order valence-electron chi connectivity index (χ4n) is 1.48. The summed E-state index contributed by atoms with van der Waals surface area (Å²) in [5, 5.41) is 7.72. The number of nitrogens with zero attached hydrogens (tertiary/aromatic N) is 2. The molecule has 0 aromatic carbocycles. The minimum Gasteiger partial charge on any atom is -0.330 e. The first kappa shape index (κ1) is 12.2. The van der Waals surface area contributed by atoms with E-state index in [0.29, 0.717) is 6.04 Å². The highest BCUT2D eigenvalue weighted by Crippen LogP contribution is 2.10. The van der Waals surface area contributed by atoms with Gasteiger partial charge in [0.2, 0.25) is 0 Å². The van der Waals surface area contributed by atoms with E-state index in [1.807, 2.05) is 10.9 Å². The Kier molecular flexibility index (Phi) is 5.36. The van der Waals surface area contributed by atoms with Gasteiger partial charge in [-0.15, -0.1) is 0 Å². The van der Waals surface area contributed by atoms with E-state index >= 15 is 0 Å². The summed E-state index contributed by atoms with van der Waals surface area (Å²) in [7, 11) is 0. The number of hydrogen-bond acceptors (Lipinski definition) is 3. The van der Waals surface area contributed by atoms with E-state index in [0.717, 1.165) is 32.5 Å². The maximum Gasteiger partial charge on any atom is 0.0537 e. The van der Waals surface area contributed by atoms with Crippen molar-refractivity contribution in [1.29, 1.82) is 0 Å². The van der Waals surface area contributed by atoms with Crippen LogP contribution in [0.1, 0.15) is 38.3 Å². The monoisotopic (exact) mass is 210 g/mol. The molecule has 4 heteroatoms. The third kappa shape index (κ3) is 4.01. The topological polar surface area (TPSA) is 55.9 Å². The summed E-state index contributed by atoms with van der Waals surface area (Å²) in [6, 6.07) is 0.378. The highest BCUT2D eigenvalue weighted by Gasteiger charge is 2.06. The molecular weight excluding hydrogens is 188 g/mol. The Bertz CT molecular complexity index is 269. The van der Waals surface area contributed by atoms with Crippen molar-refractivity contribution < 1.29 is 0 Å². The molecule has 1 atom stereocenters.